The van der Waals surface area contributed by atoms with Crippen molar-refractivity contribution in [1.29, 1.82) is 0 Å². The molecule has 0 unspecified atom stereocenters. The third kappa shape index (κ3) is 2.80. The van der Waals surface area contributed by atoms with E-state index in [-0.39, 0.29) is 12.3 Å². The van der Waals surface area contributed by atoms with Gasteiger partial charge in [-0.3, -0.25) is 4.79 Å². The maximum atomic E-state index is 12.3. The van der Waals surface area contributed by atoms with Gasteiger partial charge in [0, 0.05) is 24.7 Å². The molecule has 1 saturated heterocycles. The number of rotatable bonds is 3. The lowest BCUT2D eigenvalue weighted by atomic mass is 10.2. The van der Waals surface area contributed by atoms with Crippen molar-refractivity contribution < 1.29 is 9.53 Å². The van der Waals surface area contributed by atoms with Gasteiger partial charge in [0.15, 0.2) is 10.7 Å². The lowest BCUT2D eigenvalue weighted by Crippen LogP contribution is -2.41. The van der Waals surface area contributed by atoms with Crippen LogP contribution >= 0.6 is 11.3 Å². The van der Waals surface area contributed by atoms with Crippen LogP contribution in [0.3, 0.4) is 0 Å². The molecule has 3 aromatic rings. The van der Waals surface area contributed by atoms with E-state index in [1.54, 1.807) is 10.7 Å². The smallest absolute Gasteiger partial charge is 0.228 e. The molecule has 23 heavy (non-hydrogen) atoms. The van der Waals surface area contributed by atoms with Gasteiger partial charge in [0.1, 0.15) is 0 Å². The highest BCUT2D eigenvalue weighted by atomic mass is 32.1. The van der Waals surface area contributed by atoms with Gasteiger partial charge in [0.05, 0.1) is 25.3 Å². The summed E-state index contributed by atoms with van der Waals surface area (Å²) in [5, 5.41) is 15.4. The van der Waals surface area contributed by atoms with Crippen LogP contribution in [0.2, 0.25) is 0 Å². The van der Waals surface area contributed by atoms with Gasteiger partial charge in [0.2, 0.25) is 11.7 Å². The number of amides is 1. The number of nitrogens with zero attached hydrogens (tertiary/aromatic N) is 6. The van der Waals surface area contributed by atoms with Gasteiger partial charge in [0.25, 0.3) is 0 Å². The summed E-state index contributed by atoms with van der Waals surface area (Å²) in [6.45, 7) is 2.46. The largest absolute Gasteiger partial charge is 0.378 e. The van der Waals surface area contributed by atoms with E-state index in [2.05, 4.69) is 20.3 Å². The molecule has 0 saturated carbocycles. The number of fused-ring (bicyclic) bond motifs is 1. The molecule has 118 valence electrons. The van der Waals surface area contributed by atoms with Crippen molar-refractivity contribution in [1.82, 2.24) is 29.7 Å². The maximum Gasteiger partial charge on any atom is 0.228 e. The zero-order valence-corrected chi connectivity index (χ0v) is 13.1. The molecule has 4 rings (SSSR count). The Morgan fingerprint density at radius 2 is 2.13 bits per heavy atom. The molecular weight excluding hydrogens is 316 g/mol. The third-order valence-corrected chi connectivity index (χ3v) is 4.41. The van der Waals surface area contributed by atoms with Crippen molar-refractivity contribution in [2.24, 2.45) is 0 Å². The van der Waals surface area contributed by atoms with E-state index in [9.17, 15) is 4.79 Å². The number of hydrogen-bond acceptors (Lipinski definition) is 7. The van der Waals surface area contributed by atoms with Crippen LogP contribution in [0.25, 0.3) is 16.5 Å². The maximum absolute atomic E-state index is 12.3. The van der Waals surface area contributed by atoms with Gasteiger partial charge < -0.3 is 9.64 Å². The fourth-order valence-electron chi connectivity index (χ4n) is 2.47. The highest BCUT2D eigenvalue weighted by Crippen LogP contribution is 2.19. The van der Waals surface area contributed by atoms with Gasteiger partial charge in [-0.15, -0.1) is 21.5 Å². The predicted molar refractivity (Wildman–Crippen MR) is 83.0 cm³/mol. The van der Waals surface area contributed by atoms with Crippen LogP contribution in [0.1, 0.15) is 5.69 Å². The minimum absolute atomic E-state index is 0.0593. The molecule has 1 fully saturated rings. The van der Waals surface area contributed by atoms with Crippen LogP contribution in [0.4, 0.5) is 0 Å². The third-order valence-electron chi connectivity index (χ3n) is 3.64. The van der Waals surface area contributed by atoms with E-state index in [0.717, 1.165) is 5.01 Å². The number of carbonyl (C=O) groups excluding carboxylic acids is 1. The van der Waals surface area contributed by atoms with Crippen molar-refractivity contribution in [2.45, 2.75) is 6.42 Å². The van der Waals surface area contributed by atoms with E-state index < -0.39 is 0 Å². The molecule has 1 amide bonds. The van der Waals surface area contributed by atoms with Crippen LogP contribution in [-0.4, -0.2) is 61.9 Å². The first-order chi connectivity index (χ1) is 11.3. The Hall–Kier alpha value is -2.39. The summed E-state index contributed by atoms with van der Waals surface area (Å²) in [5.41, 5.74) is 1.32. The topological polar surface area (TPSA) is 85.5 Å². The molecule has 0 N–H and O–H groups in total. The number of thiazole rings is 1. The number of carbonyl (C=O) groups is 1. The zero-order valence-electron chi connectivity index (χ0n) is 12.3. The van der Waals surface area contributed by atoms with E-state index in [1.807, 2.05) is 22.4 Å². The molecule has 3 aromatic heterocycles. The lowest BCUT2D eigenvalue weighted by Gasteiger charge is -2.26. The molecule has 8 nitrogen and oxygen atoms in total. The molecule has 0 atom stereocenters. The second-order valence-corrected chi connectivity index (χ2v) is 6.02. The summed E-state index contributed by atoms with van der Waals surface area (Å²) in [4.78, 5) is 18.4. The molecular formula is C14H14N6O2S. The van der Waals surface area contributed by atoms with Crippen LogP contribution in [0.15, 0.2) is 23.7 Å². The fourth-order valence-corrected chi connectivity index (χ4v) is 3.07. The molecule has 0 aliphatic carbocycles. The van der Waals surface area contributed by atoms with Crippen LogP contribution in [0, 0.1) is 0 Å². The van der Waals surface area contributed by atoms with E-state index in [4.69, 9.17) is 4.74 Å². The number of morpholine rings is 1. The second kappa shape index (κ2) is 6.01. The Morgan fingerprint density at radius 1 is 1.26 bits per heavy atom. The lowest BCUT2D eigenvalue weighted by molar-refractivity contribution is -0.134. The highest BCUT2D eigenvalue weighted by molar-refractivity contribution is 7.13. The van der Waals surface area contributed by atoms with Crippen molar-refractivity contribution >= 4 is 22.9 Å². The predicted octanol–water partition coefficient (Wildman–Crippen LogP) is 0.649. The first-order valence-corrected chi connectivity index (χ1v) is 8.16. The molecule has 0 spiro atoms. The van der Waals surface area contributed by atoms with Gasteiger partial charge in [-0.25, -0.2) is 4.98 Å². The average Bonchev–Trinajstić information content (AvgIpc) is 3.24. The fraction of sp³-hybridized carbons (Fsp3) is 0.357. The van der Waals surface area contributed by atoms with Crippen molar-refractivity contribution in [3.8, 4) is 10.8 Å². The van der Waals surface area contributed by atoms with Gasteiger partial charge >= 0.3 is 0 Å². The van der Waals surface area contributed by atoms with E-state index in [1.165, 1.54) is 11.3 Å². The normalized spacial score (nSPS) is 15.2. The minimum atomic E-state index is 0.0593. The standard InChI is InChI=1S/C14H14N6O2S/c21-12(19-4-6-22-7-5-19)9-10-1-2-11-16-17-13(20(11)18-10)14-15-3-8-23-14/h1-3,8H,4-7,9H2. The van der Waals surface area contributed by atoms with Gasteiger partial charge in [-0.1, -0.05) is 0 Å². The molecule has 1 aliphatic heterocycles. The molecule has 0 bridgehead atoms. The summed E-state index contributed by atoms with van der Waals surface area (Å²) in [7, 11) is 0. The van der Waals surface area contributed by atoms with Gasteiger partial charge in [-0.2, -0.15) is 9.61 Å². The first kappa shape index (κ1) is 14.2. The molecule has 0 radical (unpaired) electrons. The molecule has 1 aliphatic rings. The summed E-state index contributed by atoms with van der Waals surface area (Å²) in [5.74, 6) is 0.652. The Kier molecular flexibility index (Phi) is 3.72. The van der Waals surface area contributed by atoms with Crippen molar-refractivity contribution in [2.75, 3.05) is 26.3 Å². The van der Waals surface area contributed by atoms with Crippen molar-refractivity contribution in [3.05, 3.63) is 29.4 Å². The van der Waals surface area contributed by atoms with Gasteiger partial charge in [-0.05, 0) is 12.1 Å². The zero-order chi connectivity index (χ0) is 15.6. The second-order valence-electron chi connectivity index (χ2n) is 5.13. The van der Waals surface area contributed by atoms with Crippen molar-refractivity contribution in [3.63, 3.8) is 0 Å². The number of aromatic nitrogens is 5. The summed E-state index contributed by atoms with van der Waals surface area (Å²) in [6.07, 6.45) is 1.97. The molecule has 4 heterocycles. The number of ether oxygens (including phenoxy) is 1. The molecule has 0 aromatic carbocycles. The van der Waals surface area contributed by atoms with E-state index in [0.29, 0.717) is 43.5 Å². The average molecular weight is 330 g/mol. The Morgan fingerprint density at radius 3 is 2.91 bits per heavy atom. The van der Waals surface area contributed by atoms with Crippen LogP contribution in [-0.2, 0) is 16.0 Å². The molecule has 9 heteroatoms. The highest BCUT2D eigenvalue weighted by Gasteiger charge is 2.18. The Labute approximate surface area is 135 Å². The summed E-state index contributed by atoms with van der Waals surface area (Å²) >= 11 is 1.47. The summed E-state index contributed by atoms with van der Waals surface area (Å²) in [6, 6.07) is 3.63. The first-order valence-electron chi connectivity index (χ1n) is 7.28. The monoisotopic (exact) mass is 330 g/mol. The SMILES string of the molecule is O=C(Cc1ccc2nnc(-c3nccs3)n2n1)N1CCOCC1. The Bertz CT molecular complexity index is 825. The number of hydrogen-bond donors (Lipinski definition) is 0. The Balaban J connectivity index is 1.60. The summed E-state index contributed by atoms with van der Waals surface area (Å²) < 4.78 is 6.91. The van der Waals surface area contributed by atoms with Crippen LogP contribution in [0.5, 0.6) is 0 Å². The van der Waals surface area contributed by atoms with E-state index >= 15 is 0 Å². The minimum Gasteiger partial charge on any atom is -0.378 e. The quantitative estimate of drug-likeness (QED) is 0.701. The van der Waals surface area contributed by atoms with Crippen LogP contribution < -0.4 is 0 Å².